The van der Waals surface area contributed by atoms with Crippen molar-refractivity contribution in [2.75, 3.05) is 0 Å². The summed E-state index contributed by atoms with van der Waals surface area (Å²) in [6.45, 7) is 2.16. The van der Waals surface area contributed by atoms with Gasteiger partial charge in [-0.15, -0.1) is 0 Å². The van der Waals surface area contributed by atoms with Gasteiger partial charge < -0.3 is 0 Å². The normalized spacial score (nSPS) is 11.8. The molecule has 3 heterocycles. The van der Waals surface area contributed by atoms with Crippen LogP contribution < -0.4 is 0 Å². The molecule has 0 N–H and O–H groups in total. The van der Waals surface area contributed by atoms with Gasteiger partial charge in [0.1, 0.15) is 11.5 Å². The Kier molecular flexibility index (Phi) is 4.76. The molecule has 0 amide bonds. The molecule has 0 bridgehead atoms. The Morgan fingerprint density at radius 2 is 1.13 bits per heavy atom. The molecule has 0 aliphatic rings. The minimum Gasteiger partial charge on any atom is -0.296 e. The lowest BCUT2D eigenvalue weighted by Crippen LogP contribution is -2.01. The van der Waals surface area contributed by atoms with Gasteiger partial charge in [-0.25, -0.2) is 4.98 Å². The van der Waals surface area contributed by atoms with E-state index in [1.165, 1.54) is 38.7 Å². The Morgan fingerprint density at radius 3 is 1.87 bits per heavy atom. The van der Waals surface area contributed by atoms with Gasteiger partial charge in [-0.2, -0.15) is 0 Å². The third kappa shape index (κ3) is 3.15. The first kappa shape index (κ1) is 21.9. The molecule has 0 atom stereocenters. The SMILES string of the molecule is CCc1nc2ccccc2n1-c1ccc(-n2c3ccccc3n3c4ccccc4c(-c4ccccc4)c23)cc1. The van der Waals surface area contributed by atoms with Crippen LogP contribution in [0.5, 0.6) is 0 Å². The number of aryl methyl sites for hydroxylation is 1. The van der Waals surface area contributed by atoms with Gasteiger partial charge in [-0.3, -0.25) is 13.5 Å². The van der Waals surface area contributed by atoms with E-state index in [-0.39, 0.29) is 0 Å². The number of fused-ring (bicyclic) bond motifs is 6. The maximum Gasteiger partial charge on any atom is 0.131 e. The summed E-state index contributed by atoms with van der Waals surface area (Å²) >= 11 is 0. The molecule has 0 aliphatic carbocycles. The van der Waals surface area contributed by atoms with Crippen LogP contribution in [0, 0.1) is 0 Å². The smallest absolute Gasteiger partial charge is 0.131 e. The molecule has 0 saturated heterocycles. The molecule has 0 aliphatic heterocycles. The summed E-state index contributed by atoms with van der Waals surface area (Å²) in [4.78, 5) is 4.89. The van der Waals surface area contributed by atoms with E-state index < -0.39 is 0 Å². The van der Waals surface area contributed by atoms with E-state index in [2.05, 4.69) is 148 Å². The van der Waals surface area contributed by atoms with Crippen LogP contribution in [0.4, 0.5) is 0 Å². The van der Waals surface area contributed by atoms with Gasteiger partial charge in [-0.05, 0) is 60.2 Å². The molecule has 4 nitrogen and oxygen atoms in total. The zero-order valence-corrected chi connectivity index (χ0v) is 21.6. The molecule has 0 fully saturated rings. The van der Waals surface area contributed by atoms with Crippen molar-refractivity contribution in [2.45, 2.75) is 13.3 Å². The Hall–Kier alpha value is -5.09. The zero-order chi connectivity index (χ0) is 25.9. The third-order valence-corrected chi connectivity index (χ3v) is 7.80. The zero-order valence-electron chi connectivity index (χ0n) is 21.6. The van der Waals surface area contributed by atoms with Crippen molar-refractivity contribution < 1.29 is 0 Å². The predicted molar refractivity (Wildman–Crippen MR) is 161 cm³/mol. The molecule has 0 spiro atoms. The molecule has 5 aromatic carbocycles. The molecule has 8 rings (SSSR count). The van der Waals surface area contributed by atoms with E-state index in [0.29, 0.717) is 0 Å². The second-order valence-corrected chi connectivity index (χ2v) is 9.96. The molecule has 186 valence electrons. The van der Waals surface area contributed by atoms with E-state index in [9.17, 15) is 0 Å². The number of aromatic nitrogens is 4. The van der Waals surface area contributed by atoms with Crippen LogP contribution in [-0.2, 0) is 6.42 Å². The van der Waals surface area contributed by atoms with Crippen molar-refractivity contribution in [2.24, 2.45) is 0 Å². The Balaban J connectivity index is 1.43. The largest absolute Gasteiger partial charge is 0.296 e. The molecule has 0 radical (unpaired) electrons. The quantitative estimate of drug-likeness (QED) is 0.237. The fourth-order valence-electron chi connectivity index (χ4n) is 6.14. The maximum atomic E-state index is 4.89. The van der Waals surface area contributed by atoms with Crippen LogP contribution >= 0.6 is 0 Å². The van der Waals surface area contributed by atoms with Crippen molar-refractivity contribution in [3.05, 3.63) is 133 Å². The van der Waals surface area contributed by atoms with Crippen LogP contribution in [0.2, 0.25) is 0 Å². The van der Waals surface area contributed by atoms with Gasteiger partial charge in [0, 0.05) is 28.7 Å². The first-order valence-electron chi connectivity index (χ1n) is 13.5. The Labute approximate surface area is 226 Å². The molecular formula is C35H26N4. The van der Waals surface area contributed by atoms with Crippen molar-refractivity contribution in [1.82, 2.24) is 18.5 Å². The Bertz CT molecular complexity index is 2140. The number of benzene rings is 5. The third-order valence-electron chi connectivity index (χ3n) is 7.80. The van der Waals surface area contributed by atoms with Gasteiger partial charge in [0.2, 0.25) is 0 Å². The molecular weight excluding hydrogens is 476 g/mol. The van der Waals surface area contributed by atoms with E-state index >= 15 is 0 Å². The average molecular weight is 503 g/mol. The summed E-state index contributed by atoms with van der Waals surface area (Å²) in [5.41, 5.74) is 11.7. The lowest BCUT2D eigenvalue weighted by atomic mass is 10.0. The van der Waals surface area contributed by atoms with Gasteiger partial charge in [0.15, 0.2) is 0 Å². The second-order valence-electron chi connectivity index (χ2n) is 9.96. The standard InChI is InChI=1S/C35H26N4/c1-2-33-36-28-15-7-9-17-30(28)37(33)25-20-22-26(23-21-25)38-31-18-10-11-19-32(31)39-29-16-8-6-14-27(29)34(35(38)39)24-12-4-3-5-13-24/h3-23H,2H2,1H3. The highest BCUT2D eigenvalue weighted by molar-refractivity contribution is 6.09. The highest BCUT2D eigenvalue weighted by atomic mass is 15.1. The minimum absolute atomic E-state index is 0.871. The first-order chi connectivity index (χ1) is 19.3. The molecule has 8 aromatic rings. The monoisotopic (exact) mass is 502 g/mol. The summed E-state index contributed by atoms with van der Waals surface area (Å²) in [6, 6.07) is 45.5. The molecule has 4 heteroatoms. The molecule has 0 saturated carbocycles. The molecule has 39 heavy (non-hydrogen) atoms. The summed E-state index contributed by atoms with van der Waals surface area (Å²) < 4.78 is 7.11. The topological polar surface area (TPSA) is 27.2 Å². The maximum absolute atomic E-state index is 4.89. The summed E-state index contributed by atoms with van der Waals surface area (Å²) in [7, 11) is 0. The number of para-hydroxylation sites is 5. The number of nitrogens with zero attached hydrogens (tertiary/aromatic N) is 4. The van der Waals surface area contributed by atoms with E-state index in [4.69, 9.17) is 4.98 Å². The first-order valence-corrected chi connectivity index (χ1v) is 13.5. The van der Waals surface area contributed by atoms with Crippen LogP contribution in [0.1, 0.15) is 12.7 Å². The summed E-state index contributed by atoms with van der Waals surface area (Å²) in [5.74, 6) is 1.07. The van der Waals surface area contributed by atoms with Gasteiger partial charge in [0.25, 0.3) is 0 Å². The van der Waals surface area contributed by atoms with Crippen molar-refractivity contribution in [3.8, 4) is 22.5 Å². The van der Waals surface area contributed by atoms with Crippen LogP contribution in [0.15, 0.2) is 127 Å². The predicted octanol–water partition coefficient (Wildman–Crippen LogP) is 8.60. The highest BCUT2D eigenvalue weighted by Crippen LogP contribution is 2.40. The fraction of sp³-hybridized carbons (Fsp3) is 0.0571. The van der Waals surface area contributed by atoms with Crippen LogP contribution in [-0.4, -0.2) is 18.5 Å². The highest BCUT2D eigenvalue weighted by Gasteiger charge is 2.22. The van der Waals surface area contributed by atoms with Crippen molar-refractivity contribution in [1.29, 1.82) is 0 Å². The summed E-state index contributed by atoms with van der Waals surface area (Å²) in [6.07, 6.45) is 0.871. The summed E-state index contributed by atoms with van der Waals surface area (Å²) in [5, 5.41) is 1.26. The van der Waals surface area contributed by atoms with E-state index in [0.717, 1.165) is 34.7 Å². The lowest BCUT2D eigenvalue weighted by molar-refractivity contribution is 0.907. The van der Waals surface area contributed by atoms with Crippen LogP contribution in [0.25, 0.3) is 61.1 Å². The fourth-order valence-corrected chi connectivity index (χ4v) is 6.14. The average Bonchev–Trinajstić information content (AvgIpc) is 3.65. The van der Waals surface area contributed by atoms with Crippen LogP contribution in [0.3, 0.4) is 0 Å². The number of hydrogen-bond donors (Lipinski definition) is 0. The van der Waals surface area contributed by atoms with Crippen molar-refractivity contribution >= 4 is 38.6 Å². The molecule has 3 aromatic heterocycles. The van der Waals surface area contributed by atoms with Gasteiger partial charge in [0.05, 0.1) is 27.6 Å². The number of imidazole rings is 2. The molecule has 0 unspecified atom stereocenters. The van der Waals surface area contributed by atoms with Gasteiger partial charge in [-0.1, -0.05) is 79.7 Å². The van der Waals surface area contributed by atoms with Gasteiger partial charge >= 0.3 is 0 Å². The van der Waals surface area contributed by atoms with Crippen molar-refractivity contribution in [3.63, 3.8) is 0 Å². The number of rotatable bonds is 4. The number of hydrogen-bond acceptors (Lipinski definition) is 1. The lowest BCUT2D eigenvalue weighted by Gasteiger charge is -2.12. The minimum atomic E-state index is 0.871. The van der Waals surface area contributed by atoms with E-state index in [1.54, 1.807) is 0 Å². The Morgan fingerprint density at radius 1 is 0.538 bits per heavy atom. The van der Waals surface area contributed by atoms with E-state index in [1.807, 2.05) is 0 Å². The second kappa shape index (κ2) is 8.47.